The fourth-order valence-corrected chi connectivity index (χ4v) is 3.32. The minimum atomic E-state index is -0.145. The maximum atomic E-state index is 12.9. The summed E-state index contributed by atoms with van der Waals surface area (Å²) in [4.78, 5) is 32.7. The first-order chi connectivity index (χ1) is 15.0. The van der Waals surface area contributed by atoms with E-state index in [0.717, 1.165) is 16.5 Å². The number of nitrogens with one attached hydrogen (secondary N) is 1. The number of aryl methyl sites for hydroxylation is 1. The highest BCUT2D eigenvalue weighted by atomic mass is 16.2. The summed E-state index contributed by atoms with van der Waals surface area (Å²) in [6.07, 6.45) is 7.20. The second-order valence-corrected chi connectivity index (χ2v) is 6.99. The Labute approximate surface area is 178 Å². The van der Waals surface area contributed by atoms with Crippen LogP contribution in [0, 0.1) is 11.3 Å². The van der Waals surface area contributed by atoms with Crippen LogP contribution in [0.3, 0.4) is 0 Å². The molecule has 9 nitrogen and oxygen atoms in total. The lowest BCUT2D eigenvalue weighted by Gasteiger charge is -2.06. The highest BCUT2D eigenvalue weighted by molar-refractivity contribution is 5.97. The second kappa shape index (κ2) is 8.59. The fraction of sp³-hybridized carbons (Fsp3) is 0.182. The van der Waals surface area contributed by atoms with Crippen molar-refractivity contribution in [1.82, 2.24) is 24.3 Å². The molecule has 0 saturated carbocycles. The number of rotatable bonds is 6. The highest BCUT2D eigenvalue weighted by Crippen LogP contribution is 2.26. The lowest BCUT2D eigenvalue weighted by atomic mass is 10.1. The van der Waals surface area contributed by atoms with E-state index in [-0.39, 0.29) is 18.2 Å². The molecule has 31 heavy (non-hydrogen) atoms. The third kappa shape index (κ3) is 4.33. The maximum Gasteiger partial charge on any atom is 0.236 e. The summed E-state index contributed by atoms with van der Waals surface area (Å²) in [6.45, 7) is 1.95. The molecule has 4 rings (SSSR count). The number of anilines is 1. The van der Waals surface area contributed by atoms with Crippen molar-refractivity contribution < 1.29 is 9.59 Å². The van der Waals surface area contributed by atoms with Crippen LogP contribution in [0.2, 0.25) is 0 Å². The second-order valence-electron chi connectivity index (χ2n) is 6.99. The van der Waals surface area contributed by atoms with E-state index in [9.17, 15) is 9.59 Å². The van der Waals surface area contributed by atoms with E-state index in [2.05, 4.69) is 26.5 Å². The summed E-state index contributed by atoms with van der Waals surface area (Å²) in [7, 11) is 0. The molecule has 3 heterocycles. The number of carbonyl (C=O) groups is 2. The maximum absolute atomic E-state index is 12.9. The van der Waals surface area contributed by atoms with Crippen molar-refractivity contribution in [2.45, 2.75) is 26.3 Å². The van der Waals surface area contributed by atoms with E-state index in [1.54, 1.807) is 29.2 Å². The summed E-state index contributed by atoms with van der Waals surface area (Å²) in [5, 5.41) is 16.5. The van der Waals surface area contributed by atoms with Crippen LogP contribution in [-0.4, -0.2) is 36.1 Å². The van der Waals surface area contributed by atoms with Gasteiger partial charge in [0.2, 0.25) is 11.8 Å². The average Bonchev–Trinajstić information content (AvgIpc) is 3.40. The Kier molecular flexibility index (Phi) is 5.53. The van der Waals surface area contributed by atoms with Crippen LogP contribution in [0.4, 0.5) is 5.69 Å². The number of nitrogens with zero attached hydrogens (tertiary/aromatic N) is 6. The van der Waals surface area contributed by atoms with Gasteiger partial charge in [0.05, 0.1) is 37.3 Å². The number of carbonyl (C=O) groups excluding carboxylic acids is 2. The molecule has 0 atom stereocenters. The standard InChI is InChI=1S/C22H19N7O2/c1-15(30)27-18-5-3-16(4-6-18)11-20(31)29-10-7-19-21(24-14-25-22(19)29)17-12-26-28(13-17)9-2-8-23/h3-7,10,12-14H,2,9,11H2,1H3,(H,27,30). The highest BCUT2D eigenvalue weighted by Gasteiger charge is 2.16. The summed E-state index contributed by atoms with van der Waals surface area (Å²) in [5.41, 5.74) is 3.51. The number of hydrogen-bond acceptors (Lipinski definition) is 6. The van der Waals surface area contributed by atoms with Gasteiger partial charge in [-0.15, -0.1) is 0 Å². The van der Waals surface area contributed by atoms with Crippen molar-refractivity contribution >= 4 is 28.5 Å². The zero-order chi connectivity index (χ0) is 21.8. The number of aromatic nitrogens is 5. The zero-order valence-corrected chi connectivity index (χ0v) is 16.8. The molecule has 154 valence electrons. The van der Waals surface area contributed by atoms with E-state index in [0.29, 0.717) is 30.0 Å². The van der Waals surface area contributed by atoms with Crippen LogP contribution in [0.25, 0.3) is 22.3 Å². The zero-order valence-electron chi connectivity index (χ0n) is 16.8. The molecular formula is C22H19N7O2. The first-order valence-corrected chi connectivity index (χ1v) is 9.66. The van der Waals surface area contributed by atoms with Gasteiger partial charge in [-0.3, -0.25) is 18.8 Å². The van der Waals surface area contributed by atoms with Gasteiger partial charge in [0, 0.05) is 36.0 Å². The minimum absolute atomic E-state index is 0.128. The number of benzene rings is 1. The molecule has 3 aromatic heterocycles. The number of amides is 1. The molecule has 0 unspecified atom stereocenters. The predicted molar refractivity (Wildman–Crippen MR) is 114 cm³/mol. The topological polar surface area (TPSA) is 118 Å². The fourth-order valence-electron chi connectivity index (χ4n) is 3.32. The van der Waals surface area contributed by atoms with Crippen LogP contribution in [0.5, 0.6) is 0 Å². The molecule has 0 spiro atoms. The molecule has 1 aromatic carbocycles. The van der Waals surface area contributed by atoms with Crippen molar-refractivity contribution in [2.24, 2.45) is 0 Å². The summed E-state index contributed by atoms with van der Waals surface area (Å²) >= 11 is 0. The Bertz CT molecular complexity index is 1300. The van der Waals surface area contributed by atoms with Gasteiger partial charge < -0.3 is 5.32 Å². The largest absolute Gasteiger partial charge is 0.326 e. The van der Waals surface area contributed by atoms with Gasteiger partial charge in [0.1, 0.15) is 6.33 Å². The summed E-state index contributed by atoms with van der Waals surface area (Å²) in [6, 6.07) is 11.1. The van der Waals surface area contributed by atoms with Crippen molar-refractivity contribution in [2.75, 3.05) is 5.32 Å². The SMILES string of the molecule is CC(=O)Nc1ccc(CC(=O)n2ccc3c(-c4cnn(CCC#N)c4)ncnc32)cc1. The Balaban J connectivity index is 1.57. The van der Waals surface area contributed by atoms with Gasteiger partial charge in [-0.2, -0.15) is 10.4 Å². The quantitative estimate of drug-likeness (QED) is 0.519. The molecule has 0 bridgehead atoms. The summed E-state index contributed by atoms with van der Waals surface area (Å²) in [5.74, 6) is -0.273. The van der Waals surface area contributed by atoms with E-state index < -0.39 is 0 Å². The molecule has 0 saturated heterocycles. The molecule has 9 heteroatoms. The molecule has 0 fully saturated rings. The summed E-state index contributed by atoms with van der Waals surface area (Å²) < 4.78 is 3.21. The first kappa shape index (κ1) is 20.0. The Morgan fingerprint density at radius 2 is 1.97 bits per heavy atom. The Hall–Kier alpha value is -4.32. The van der Waals surface area contributed by atoms with Gasteiger partial charge in [0.25, 0.3) is 0 Å². The van der Waals surface area contributed by atoms with Crippen molar-refractivity contribution in [1.29, 1.82) is 5.26 Å². The van der Waals surface area contributed by atoms with Gasteiger partial charge in [-0.1, -0.05) is 12.1 Å². The molecule has 0 aliphatic carbocycles. The van der Waals surface area contributed by atoms with Crippen molar-refractivity contribution in [3.8, 4) is 17.3 Å². The van der Waals surface area contributed by atoms with Crippen LogP contribution >= 0.6 is 0 Å². The molecule has 0 radical (unpaired) electrons. The molecule has 1 amide bonds. The van der Waals surface area contributed by atoms with Gasteiger partial charge in [-0.25, -0.2) is 9.97 Å². The van der Waals surface area contributed by atoms with E-state index >= 15 is 0 Å². The minimum Gasteiger partial charge on any atom is -0.326 e. The third-order valence-corrected chi connectivity index (χ3v) is 4.74. The normalized spacial score (nSPS) is 10.7. The van der Waals surface area contributed by atoms with Crippen molar-refractivity contribution in [3.05, 3.63) is 60.8 Å². The monoisotopic (exact) mass is 413 g/mol. The van der Waals surface area contributed by atoms with E-state index in [4.69, 9.17) is 5.26 Å². The van der Waals surface area contributed by atoms with Gasteiger partial charge >= 0.3 is 0 Å². The average molecular weight is 413 g/mol. The molecule has 0 aliphatic heterocycles. The first-order valence-electron chi connectivity index (χ1n) is 9.66. The van der Waals surface area contributed by atoms with Gasteiger partial charge in [0.15, 0.2) is 5.65 Å². The molecule has 0 aliphatic rings. The lowest BCUT2D eigenvalue weighted by Crippen LogP contribution is -2.13. The Morgan fingerprint density at radius 3 is 2.71 bits per heavy atom. The number of nitriles is 1. The van der Waals surface area contributed by atoms with Crippen molar-refractivity contribution in [3.63, 3.8) is 0 Å². The number of fused-ring (bicyclic) bond motifs is 1. The molecule has 4 aromatic rings. The van der Waals surface area contributed by atoms with E-state index in [1.807, 2.05) is 24.4 Å². The smallest absolute Gasteiger partial charge is 0.236 e. The van der Waals surface area contributed by atoms with Gasteiger partial charge in [-0.05, 0) is 23.8 Å². The predicted octanol–water partition coefficient (Wildman–Crippen LogP) is 3.05. The lowest BCUT2D eigenvalue weighted by molar-refractivity contribution is -0.114. The van der Waals surface area contributed by atoms with Crippen LogP contribution in [-0.2, 0) is 17.8 Å². The van der Waals surface area contributed by atoms with Crippen LogP contribution in [0.1, 0.15) is 23.7 Å². The van der Waals surface area contributed by atoms with E-state index in [1.165, 1.54) is 17.8 Å². The van der Waals surface area contributed by atoms with Crippen LogP contribution in [0.15, 0.2) is 55.2 Å². The Morgan fingerprint density at radius 1 is 1.16 bits per heavy atom. The molecular weight excluding hydrogens is 394 g/mol. The molecule has 1 N–H and O–H groups in total. The van der Waals surface area contributed by atoms with Crippen LogP contribution < -0.4 is 5.32 Å². The number of hydrogen-bond donors (Lipinski definition) is 1. The third-order valence-electron chi connectivity index (χ3n) is 4.74.